The second-order valence-electron chi connectivity index (χ2n) is 2.51. The van der Waals surface area contributed by atoms with E-state index in [9.17, 15) is 8.42 Å². The topological polar surface area (TPSA) is 112 Å². The molecule has 0 aromatic carbocycles. The summed E-state index contributed by atoms with van der Waals surface area (Å²) in [6, 6.07) is 0. The first-order valence-corrected chi connectivity index (χ1v) is 5.03. The maximum atomic E-state index is 10.7. The second-order valence-corrected chi connectivity index (χ2v) is 3.90. The summed E-state index contributed by atoms with van der Waals surface area (Å²) in [6.07, 6.45) is 4.10. The molecule has 3 N–H and O–H groups in total. The molecule has 74 valence electrons. The molecule has 0 unspecified atom stereocenters. The van der Waals surface area contributed by atoms with Crippen LogP contribution in [0.25, 0.3) is 11.6 Å². The Kier molecular flexibility index (Phi) is 1.86. The molecule has 2 aromatic heterocycles. The summed E-state index contributed by atoms with van der Waals surface area (Å²) in [6.45, 7) is 0. The molecule has 2 aromatic rings. The molecule has 0 fully saturated rings. The van der Waals surface area contributed by atoms with Gasteiger partial charge >= 0.3 is 10.1 Å². The Hall–Kier alpha value is -1.67. The Morgan fingerprint density at radius 3 is 2.57 bits per heavy atom. The zero-order valence-electron chi connectivity index (χ0n) is 6.80. The van der Waals surface area contributed by atoms with Gasteiger partial charge in [0.25, 0.3) is 0 Å². The van der Waals surface area contributed by atoms with Crippen molar-refractivity contribution in [1.29, 1.82) is 0 Å². The standard InChI is InChI=1S/C6H6N4O3S/c11-14(12,13)4-3-9-6(10-4)5-7-1-2-8-5/h1-3H,(H,7,8)(H,9,10)(H,11,12,13). The number of hydrogen-bond acceptors (Lipinski definition) is 4. The van der Waals surface area contributed by atoms with Crippen molar-refractivity contribution in [2.24, 2.45) is 0 Å². The van der Waals surface area contributed by atoms with Gasteiger partial charge in [-0.15, -0.1) is 0 Å². The van der Waals surface area contributed by atoms with Crippen LogP contribution in [0.2, 0.25) is 0 Å². The highest BCUT2D eigenvalue weighted by Gasteiger charge is 2.14. The summed E-state index contributed by atoms with van der Waals surface area (Å²) in [7, 11) is -4.23. The average molecular weight is 214 g/mol. The number of hydrogen-bond donors (Lipinski definition) is 3. The van der Waals surface area contributed by atoms with E-state index < -0.39 is 10.1 Å². The predicted octanol–water partition coefficient (Wildman–Crippen LogP) is 0.0465. The van der Waals surface area contributed by atoms with Crippen LogP contribution in [0.15, 0.2) is 23.6 Å². The van der Waals surface area contributed by atoms with Crippen LogP contribution >= 0.6 is 0 Å². The third-order valence-corrected chi connectivity index (χ3v) is 2.32. The number of nitrogens with zero attached hydrogens (tertiary/aromatic N) is 2. The fraction of sp³-hybridized carbons (Fsp3) is 0. The van der Waals surface area contributed by atoms with E-state index in [1.807, 2.05) is 0 Å². The number of H-pyrrole nitrogens is 2. The fourth-order valence-electron chi connectivity index (χ4n) is 0.951. The maximum Gasteiger partial charge on any atom is 0.311 e. The minimum absolute atomic E-state index is 0.252. The van der Waals surface area contributed by atoms with Crippen molar-refractivity contribution in [3.8, 4) is 11.6 Å². The van der Waals surface area contributed by atoms with Crippen LogP contribution in [0, 0.1) is 0 Å². The quantitative estimate of drug-likeness (QED) is 0.611. The van der Waals surface area contributed by atoms with Crippen molar-refractivity contribution in [2.75, 3.05) is 0 Å². The lowest BCUT2D eigenvalue weighted by Gasteiger charge is -1.89. The molecule has 0 saturated carbocycles. The van der Waals surface area contributed by atoms with Crippen LogP contribution in [0.4, 0.5) is 0 Å². The largest absolute Gasteiger partial charge is 0.342 e. The van der Waals surface area contributed by atoms with E-state index in [-0.39, 0.29) is 10.9 Å². The number of aromatic amines is 2. The van der Waals surface area contributed by atoms with Crippen LogP contribution < -0.4 is 0 Å². The molecule has 14 heavy (non-hydrogen) atoms. The van der Waals surface area contributed by atoms with E-state index in [2.05, 4.69) is 19.9 Å². The number of nitrogens with one attached hydrogen (secondary N) is 2. The highest BCUT2D eigenvalue weighted by atomic mass is 32.2. The van der Waals surface area contributed by atoms with E-state index >= 15 is 0 Å². The predicted molar refractivity (Wildman–Crippen MR) is 46.0 cm³/mol. The van der Waals surface area contributed by atoms with Gasteiger partial charge in [0, 0.05) is 12.4 Å². The molecule has 0 saturated heterocycles. The first kappa shape index (κ1) is 8.91. The third-order valence-electron chi connectivity index (χ3n) is 1.55. The van der Waals surface area contributed by atoms with Crippen LogP contribution in [-0.2, 0) is 10.1 Å². The molecule has 0 aliphatic rings. The molecule has 0 radical (unpaired) electrons. The van der Waals surface area contributed by atoms with Crippen LogP contribution in [0.1, 0.15) is 0 Å². The maximum absolute atomic E-state index is 10.7. The van der Waals surface area contributed by atoms with Gasteiger partial charge in [0.05, 0.1) is 6.20 Å². The van der Waals surface area contributed by atoms with Crippen LogP contribution in [0.5, 0.6) is 0 Å². The number of rotatable bonds is 2. The summed E-state index contributed by atoms with van der Waals surface area (Å²) < 4.78 is 30.0. The fourth-order valence-corrected chi connectivity index (χ4v) is 1.36. The van der Waals surface area contributed by atoms with E-state index in [0.717, 1.165) is 6.20 Å². The molecular weight excluding hydrogens is 208 g/mol. The van der Waals surface area contributed by atoms with Crippen LogP contribution in [0.3, 0.4) is 0 Å². The normalized spacial score (nSPS) is 11.8. The van der Waals surface area contributed by atoms with Gasteiger partial charge in [-0.25, -0.2) is 9.97 Å². The lowest BCUT2D eigenvalue weighted by atomic mass is 10.6. The molecular formula is C6H6N4O3S. The summed E-state index contributed by atoms with van der Waals surface area (Å²) in [4.78, 5) is 12.7. The first-order chi connectivity index (χ1) is 6.57. The SMILES string of the molecule is O=S(=O)(O)c1cnc(-c2ncc[nH]2)[nH]1. The van der Waals surface area contributed by atoms with Gasteiger partial charge in [0.2, 0.25) is 0 Å². The lowest BCUT2D eigenvalue weighted by Crippen LogP contribution is -1.97. The monoisotopic (exact) mass is 214 g/mol. The minimum atomic E-state index is -4.23. The Morgan fingerprint density at radius 2 is 2.07 bits per heavy atom. The van der Waals surface area contributed by atoms with Gasteiger partial charge in [-0.1, -0.05) is 0 Å². The van der Waals surface area contributed by atoms with Gasteiger partial charge in [-0.05, 0) is 0 Å². The zero-order valence-corrected chi connectivity index (χ0v) is 7.61. The van der Waals surface area contributed by atoms with E-state index in [4.69, 9.17) is 4.55 Å². The smallest absolute Gasteiger partial charge is 0.311 e. The molecule has 0 aliphatic heterocycles. The number of imidazole rings is 2. The Balaban J connectivity index is 2.46. The summed E-state index contributed by atoms with van der Waals surface area (Å²) in [5, 5.41) is -0.357. The molecule has 7 nitrogen and oxygen atoms in total. The average Bonchev–Trinajstić information content (AvgIpc) is 2.73. The molecule has 0 aliphatic carbocycles. The van der Waals surface area contributed by atoms with Gasteiger partial charge in [-0.2, -0.15) is 8.42 Å². The highest BCUT2D eigenvalue weighted by molar-refractivity contribution is 7.85. The Labute approximate surface area is 79.0 Å². The summed E-state index contributed by atoms with van der Waals surface area (Å²) in [5.41, 5.74) is 0. The van der Waals surface area contributed by atoms with Crippen molar-refractivity contribution >= 4 is 10.1 Å². The van der Waals surface area contributed by atoms with Crippen molar-refractivity contribution in [2.45, 2.75) is 5.03 Å². The highest BCUT2D eigenvalue weighted by Crippen LogP contribution is 2.12. The molecule has 0 amide bonds. The molecule has 2 heterocycles. The minimum Gasteiger partial charge on any atom is -0.342 e. The zero-order chi connectivity index (χ0) is 10.2. The van der Waals surface area contributed by atoms with E-state index in [1.54, 1.807) is 6.20 Å². The summed E-state index contributed by atoms with van der Waals surface area (Å²) >= 11 is 0. The lowest BCUT2D eigenvalue weighted by molar-refractivity contribution is 0.480. The van der Waals surface area contributed by atoms with E-state index in [0.29, 0.717) is 5.82 Å². The summed E-state index contributed by atoms with van der Waals surface area (Å²) in [5.74, 6) is 0.655. The van der Waals surface area contributed by atoms with Crippen LogP contribution in [-0.4, -0.2) is 32.9 Å². The number of aromatic nitrogens is 4. The van der Waals surface area contributed by atoms with Gasteiger partial charge < -0.3 is 9.97 Å². The van der Waals surface area contributed by atoms with Crippen molar-refractivity contribution in [3.05, 3.63) is 18.6 Å². The van der Waals surface area contributed by atoms with Crippen molar-refractivity contribution in [3.63, 3.8) is 0 Å². The molecule has 2 rings (SSSR count). The third kappa shape index (κ3) is 1.52. The van der Waals surface area contributed by atoms with Gasteiger partial charge in [-0.3, -0.25) is 4.55 Å². The van der Waals surface area contributed by atoms with Crippen molar-refractivity contribution < 1.29 is 13.0 Å². The molecule has 0 atom stereocenters. The van der Waals surface area contributed by atoms with Gasteiger partial charge in [0.15, 0.2) is 16.7 Å². The Bertz CT molecular complexity index is 527. The molecule has 0 spiro atoms. The van der Waals surface area contributed by atoms with Crippen molar-refractivity contribution in [1.82, 2.24) is 19.9 Å². The molecule has 0 bridgehead atoms. The van der Waals surface area contributed by atoms with E-state index in [1.165, 1.54) is 6.20 Å². The van der Waals surface area contributed by atoms with Gasteiger partial charge in [0.1, 0.15) is 0 Å². The first-order valence-electron chi connectivity index (χ1n) is 3.59. The molecule has 8 heteroatoms. The second kappa shape index (κ2) is 2.93. The Morgan fingerprint density at radius 1 is 1.29 bits per heavy atom.